The summed E-state index contributed by atoms with van der Waals surface area (Å²) in [7, 11) is 0. The van der Waals surface area contributed by atoms with E-state index in [0.29, 0.717) is 12.1 Å². The maximum atomic E-state index is 12.9. The van der Waals surface area contributed by atoms with Crippen molar-refractivity contribution in [2.45, 2.75) is 26.5 Å². The van der Waals surface area contributed by atoms with E-state index >= 15 is 0 Å². The summed E-state index contributed by atoms with van der Waals surface area (Å²) in [4.78, 5) is 24.5. The van der Waals surface area contributed by atoms with Crippen LogP contribution in [0.15, 0.2) is 47.4 Å². The normalized spacial score (nSPS) is 12.2. The summed E-state index contributed by atoms with van der Waals surface area (Å²) >= 11 is 0. The lowest BCUT2D eigenvalue weighted by molar-refractivity contribution is 0.0914. The third-order valence-corrected chi connectivity index (χ3v) is 3.54. The van der Waals surface area contributed by atoms with Crippen molar-refractivity contribution < 1.29 is 14.3 Å². The fourth-order valence-corrected chi connectivity index (χ4v) is 2.33. The number of aliphatic hydroxyl groups is 1. The molecule has 0 aliphatic heterocycles. The van der Waals surface area contributed by atoms with Gasteiger partial charge in [-0.25, -0.2) is 4.39 Å². The van der Waals surface area contributed by atoms with Crippen LogP contribution in [-0.2, 0) is 6.54 Å². The van der Waals surface area contributed by atoms with Crippen LogP contribution in [0.2, 0.25) is 0 Å². The Morgan fingerprint density at radius 2 is 1.92 bits per heavy atom. The van der Waals surface area contributed by atoms with Crippen LogP contribution >= 0.6 is 0 Å². The van der Waals surface area contributed by atoms with Gasteiger partial charge in [0.15, 0.2) is 0 Å². The number of nitrogens with one attached hydrogen (secondary N) is 1. The molecule has 0 aliphatic rings. The Morgan fingerprint density at radius 3 is 2.54 bits per heavy atom. The van der Waals surface area contributed by atoms with E-state index < -0.39 is 17.8 Å². The van der Waals surface area contributed by atoms with Crippen LogP contribution in [-0.4, -0.2) is 22.1 Å². The van der Waals surface area contributed by atoms with E-state index in [1.54, 1.807) is 12.3 Å². The zero-order chi connectivity index (χ0) is 17.7. The topological polar surface area (TPSA) is 71.3 Å². The van der Waals surface area contributed by atoms with Gasteiger partial charge >= 0.3 is 0 Å². The van der Waals surface area contributed by atoms with Crippen molar-refractivity contribution >= 4 is 5.91 Å². The highest BCUT2D eigenvalue weighted by Crippen LogP contribution is 2.12. The van der Waals surface area contributed by atoms with Crippen LogP contribution in [0.1, 0.15) is 35.9 Å². The second-order valence-electron chi connectivity index (χ2n) is 6.05. The second kappa shape index (κ2) is 7.88. The van der Waals surface area contributed by atoms with Crippen LogP contribution in [0.4, 0.5) is 4.39 Å². The number of hydrogen-bond acceptors (Lipinski definition) is 3. The van der Waals surface area contributed by atoms with Gasteiger partial charge in [-0.05, 0) is 35.7 Å². The molecule has 0 spiro atoms. The third-order valence-electron chi connectivity index (χ3n) is 3.54. The van der Waals surface area contributed by atoms with Gasteiger partial charge in [-0.1, -0.05) is 26.0 Å². The van der Waals surface area contributed by atoms with Crippen LogP contribution in [0.25, 0.3) is 0 Å². The van der Waals surface area contributed by atoms with Crippen molar-refractivity contribution in [3.63, 3.8) is 0 Å². The van der Waals surface area contributed by atoms with Crippen molar-refractivity contribution in [2.75, 3.05) is 6.54 Å². The molecule has 1 atom stereocenters. The van der Waals surface area contributed by atoms with E-state index in [2.05, 4.69) is 5.32 Å². The van der Waals surface area contributed by atoms with E-state index in [-0.39, 0.29) is 23.6 Å². The molecule has 5 nitrogen and oxygen atoms in total. The first-order chi connectivity index (χ1) is 11.4. The first kappa shape index (κ1) is 17.9. The number of hydrogen-bond donors (Lipinski definition) is 2. The molecule has 1 amide bonds. The number of carbonyl (C=O) groups excluding carboxylic acids is 1. The molecule has 0 aliphatic carbocycles. The molecule has 0 bridgehead atoms. The van der Waals surface area contributed by atoms with Gasteiger partial charge < -0.3 is 15.0 Å². The second-order valence-corrected chi connectivity index (χ2v) is 6.05. The summed E-state index contributed by atoms with van der Waals surface area (Å²) in [6.45, 7) is 4.43. The van der Waals surface area contributed by atoms with Crippen molar-refractivity contribution in [2.24, 2.45) is 5.92 Å². The van der Waals surface area contributed by atoms with E-state index in [4.69, 9.17) is 0 Å². The molecular weight excluding hydrogens is 311 g/mol. The highest BCUT2D eigenvalue weighted by atomic mass is 19.1. The molecule has 128 valence electrons. The maximum absolute atomic E-state index is 12.9. The van der Waals surface area contributed by atoms with Gasteiger partial charge in [0.05, 0.1) is 6.10 Å². The molecule has 2 aromatic rings. The highest BCUT2D eigenvalue weighted by Gasteiger charge is 2.15. The van der Waals surface area contributed by atoms with Gasteiger partial charge in [0.2, 0.25) is 0 Å². The number of rotatable bonds is 6. The van der Waals surface area contributed by atoms with Gasteiger partial charge in [0, 0.05) is 19.3 Å². The number of halogens is 1. The fraction of sp³-hybridized carbons (Fsp3) is 0.333. The fourth-order valence-electron chi connectivity index (χ4n) is 2.33. The minimum absolute atomic E-state index is 0.0319. The SMILES string of the molecule is CC(C)Cn1cccc(C(=O)NC[C@H](O)c2ccc(F)cc2)c1=O. The molecule has 6 heteroatoms. The minimum atomic E-state index is -0.976. The van der Waals surface area contributed by atoms with E-state index in [1.165, 1.54) is 34.9 Å². The smallest absolute Gasteiger partial charge is 0.263 e. The molecule has 0 unspecified atom stereocenters. The Morgan fingerprint density at radius 1 is 1.25 bits per heavy atom. The summed E-state index contributed by atoms with van der Waals surface area (Å²) in [5, 5.41) is 12.6. The summed E-state index contributed by atoms with van der Waals surface area (Å²) in [6.07, 6.45) is 0.670. The number of carbonyl (C=O) groups is 1. The molecule has 0 radical (unpaired) electrons. The molecule has 1 heterocycles. The predicted octanol–water partition coefficient (Wildman–Crippen LogP) is 2.11. The van der Waals surface area contributed by atoms with E-state index in [9.17, 15) is 19.1 Å². The lowest BCUT2D eigenvalue weighted by Gasteiger charge is -2.13. The number of pyridine rings is 1. The standard InChI is InChI=1S/C18H21FN2O3/c1-12(2)11-21-9-3-4-15(18(21)24)17(23)20-10-16(22)13-5-7-14(19)8-6-13/h3-9,12,16,22H,10-11H2,1-2H3,(H,20,23)/t16-/m0/s1. The van der Waals surface area contributed by atoms with Crippen LogP contribution < -0.4 is 10.9 Å². The zero-order valence-corrected chi connectivity index (χ0v) is 13.7. The molecule has 0 saturated heterocycles. The van der Waals surface area contributed by atoms with Crippen LogP contribution in [0, 0.1) is 11.7 Å². The monoisotopic (exact) mass is 332 g/mol. The largest absolute Gasteiger partial charge is 0.387 e. The van der Waals surface area contributed by atoms with Gasteiger partial charge in [-0.2, -0.15) is 0 Å². The Hall–Kier alpha value is -2.47. The summed E-state index contributed by atoms with van der Waals surface area (Å²) in [6, 6.07) is 8.48. The third kappa shape index (κ3) is 4.52. The van der Waals surface area contributed by atoms with Gasteiger partial charge in [0.1, 0.15) is 11.4 Å². The zero-order valence-electron chi connectivity index (χ0n) is 13.7. The molecule has 1 aromatic carbocycles. The summed E-state index contributed by atoms with van der Waals surface area (Å²) < 4.78 is 14.4. The molecular formula is C18H21FN2O3. The van der Waals surface area contributed by atoms with E-state index in [1.807, 2.05) is 13.8 Å². The van der Waals surface area contributed by atoms with Crippen molar-refractivity contribution in [3.8, 4) is 0 Å². The van der Waals surface area contributed by atoms with Crippen molar-refractivity contribution in [3.05, 3.63) is 69.9 Å². The summed E-state index contributed by atoms with van der Waals surface area (Å²) in [5.41, 5.74) is 0.159. The highest BCUT2D eigenvalue weighted by molar-refractivity contribution is 5.93. The Bertz CT molecular complexity index is 754. The molecule has 24 heavy (non-hydrogen) atoms. The first-order valence-electron chi connectivity index (χ1n) is 7.79. The number of aliphatic hydroxyl groups excluding tert-OH is 1. The quantitative estimate of drug-likeness (QED) is 0.851. The number of amides is 1. The Labute approximate surface area is 139 Å². The predicted molar refractivity (Wildman–Crippen MR) is 89.2 cm³/mol. The molecule has 0 saturated carbocycles. The van der Waals surface area contributed by atoms with Gasteiger partial charge in [-0.15, -0.1) is 0 Å². The van der Waals surface area contributed by atoms with Crippen molar-refractivity contribution in [1.82, 2.24) is 9.88 Å². The van der Waals surface area contributed by atoms with E-state index in [0.717, 1.165) is 0 Å². The van der Waals surface area contributed by atoms with Gasteiger partial charge in [-0.3, -0.25) is 9.59 Å². The lowest BCUT2D eigenvalue weighted by atomic mass is 10.1. The molecule has 2 rings (SSSR count). The molecule has 2 N–H and O–H groups in total. The number of nitrogens with zero attached hydrogens (tertiary/aromatic N) is 1. The number of aromatic nitrogens is 1. The Balaban J connectivity index is 2.05. The first-order valence-corrected chi connectivity index (χ1v) is 7.79. The number of benzene rings is 1. The average Bonchev–Trinajstić information content (AvgIpc) is 2.54. The summed E-state index contributed by atoms with van der Waals surface area (Å²) in [5.74, 6) is -0.662. The Kier molecular flexibility index (Phi) is 5.87. The van der Waals surface area contributed by atoms with Crippen LogP contribution in [0.5, 0.6) is 0 Å². The molecule has 0 fully saturated rings. The molecule has 1 aromatic heterocycles. The van der Waals surface area contributed by atoms with Crippen molar-refractivity contribution in [1.29, 1.82) is 0 Å². The minimum Gasteiger partial charge on any atom is -0.387 e. The van der Waals surface area contributed by atoms with Crippen LogP contribution in [0.3, 0.4) is 0 Å². The lowest BCUT2D eigenvalue weighted by Crippen LogP contribution is -2.35. The maximum Gasteiger partial charge on any atom is 0.263 e. The average molecular weight is 332 g/mol. The van der Waals surface area contributed by atoms with Gasteiger partial charge in [0.25, 0.3) is 11.5 Å².